The molecule has 0 atom stereocenters. The number of hydrogen-bond acceptors (Lipinski definition) is 1. The van der Waals surface area contributed by atoms with Crippen molar-refractivity contribution in [2.75, 3.05) is 0 Å². The van der Waals surface area contributed by atoms with Crippen LogP contribution in [0.1, 0.15) is 22.4 Å². The molecule has 1 nitrogen and oxygen atoms in total. The maximum absolute atomic E-state index is 5.83. The van der Waals surface area contributed by atoms with E-state index in [1.54, 1.807) is 0 Å². The number of hydrogen-bond donors (Lipinski definition) is 0. The van der Waals surface area contributed by atoms with Gasteiger partial charge in [0.15, 0.2) is 0 Å². The van der Waals surface area contributed by atoms with Crippen LogP contribution in [0.3, 0.4) is 0 Å². The number of fused-ring (bicyclic) bond motifs is 1. The van der Waals surface area contributed by atoms with Gasteiger partial charge in [-0.25, -0.2) is 0 Å². The first-order valence-corrected chi connectivity index (χ1v) is 4.51. The summed E-state index contributed by atoms with van der Waals surface area (Å²) in [4.78, 5) is 4.40. The van der Waals surface area contributed by atoms with Gasteiger partial charge in [0.2, 0.25) is 0 Å². The van der Waals surface area contributed by atoms with E-state index in [0.717, 1.165) is 22.2 Å². The number of nitrogens with zero attached hydrogens (tertiary/aromatic N) is 1. The van der Waals surface area contributed by atoms with Crippen LogP contribution in [0.5, 0.6) is 0 Å². The van der Waals surface area contributed by atoms with E-state index in [2.05, 4.69) is 4.98 Å². The molecule has 0 saturated heterocycles. The molecule has 0 N–H and O–H groups in total. The lowest BCUT2D eigenvalue weighted by Crippen LogP contribution is -1.91. The summed E-state index contributed by atoms with van der Waals surface area (Å²) in [5.74, 6) is 0. The lowest BCUT2D eigenvalue weighted by atomic mass is 9.99. The van der Waals surface area contributed by atoms with Gasteiger partial charge in [-0.15, -0.1) is 0 Å². The average Bonchev–Trinajstić information content (AvgIpc) is 2.14. The summed E-state index contributed by atoms with van der Waals surface area (Å²) in [6.07, 6.45) is 0. The van der Waals surface area contributed by atoms with E-state index >= 15 is 0 Å². The van der Waals surface area contributed by atoms with Gasteiger partial charge in [-0.3, -0.25) is 4.98 Å². The van der Waals surface area contributed by atoms with Crippen LogP contribution in [0.2, 0.25) is 0 Å². The Morgan fingerprint density at radius 2 is 1.86 bits per heavy atom. The minimum Gasteiger partial charge on any atom is -0.253 e. The van der Waals surface area contributed by atoms with Crippen molar-refractivity contribution in [2.45, 2.75) is 13.8 Å². The third kappa shape index (κ3) is 1.29. The molecule has 4 radical (unpaired) electrons. The van der Waals surface area contributed by atoms with E-state index in [1.165, 1.54) is 0 Å². The Morgan fingerprint density at radius 1 is 1.14 bits per heavy atom. The minimum atomic E-state index is 0.605. The summed E-state index contributed by atoms with van der Waals surface area (Å²) in [7, 11) is 0. The highest BCUT2D eigenvalue weighted by atomic mass is 14.7. The van der Waals surface area contributed by atoms with Crippen molar-refractivity contribution in [3.05, 3.63) is 54.4 Å². The highest BCUT2D eigenvalue weighted by Crippen LogP contribution is 2.23. The van der Waals surface area contributed by atoms with Gasteiger partial charge in [0.25, 0.3) is 0 Å². The normalized spacial score (nSPS) is 10.9. The molecule has 0 bridgehead atoms. The third-order valence-corrected chi connectivity index (χ3v) is 2.48. The van der Waals surface area contributed by atoms with Gasteiger partial charge in [0.1, 0.15) is 0 Å². The highest BCUT2D eigenvalue weighted by molar-refractivity contribution is 5.85. The van der Waals surface area contributed by atoms with Crippen LogP contribution in [0.15, 0.2) is 18.2 Å². The van der Waals surface area contributed by atoms with E-state index in [-0.39, 0.29) is 0 Å². The molecule has 0 aliphatic carbocycles. The summed E-state index contributed by atoms with van der Waals surface area (Å²) in [5.41, 5.74) is 4.17. The number of aromatic nitrogens is 1. The molecule has 1 aromatic heterocycles. The zero-order valence-electron chi connectivity index (χ0n) is 8.33. The molecule has 0 saturated carbocycles. The Morgan fingerprint density at radius 3 is 2.57 bits per heavy atom. The Hall–Kier alpha value is -1.37. The van der Waals surface area contributed by atoms with E-state index in [1.807, 2.05) is 32.0 Å². The fraction of sp³-hybridized carbons (Fsp3) is 0.154. The standard InChI is InChI=1S/C13H11N/c1-8-7-13-12(11(4)10(8)3)6-5-9(2)14-13/h1,3,5-7H,2,4H3. The number of pyridine rings is 1. The van der Waals surface area contributed by atoms with Crippen molar-refractivity contribution in [1.82, 2.24) is 4.98 Å². The molecule has 0 aliphatic heterocycles. The molecular formula is C13H11N. The van der Waals surface area contributed by atoms with Crippen molar-refractivity contribution in [3.8, 4) is 0 Å². The molecule has 1 heteroatoms. The number of rotatable bonds is 0. The molecule has 0 fully saturated rings. The zero-order chi connectivity index (χ0) is 10.3. The lowest BCUT2D eigenvalue weighted by Gasteiger charge is -2.08. The van der Waals surface area contributed by atoms with E-state index in [9.17, 15) is 0 Å². The van der Waals surface area contributed by atoms with Crippen molar-refractivity contribution < 1.29 is 0 Å². The second kappa shape index (κ2) is 3.09. The lowest BCUT2D eigenvalue weighted by molar-refractivity contribution is 1.24. The molecule has 14 heavy (non-hydrogen) atoms. The maximum atomic E-state index is 5.83. The Labute approximate surface area is 84.8 Å². The summed E-state index contributed by atoms with van der Waals surface area (Å²) in [6.45, 7) is 15.5. The first kappa shape index (κ1) is 9.20. The second-order valence-corrected chi connectivity index (χ2v) is 3.52. The van der Waals surface area contributed by atoms with Crippen LogP contribution in [0.25, 0.3) is 10.9 Å². The minimum absolute atomic E-state index is 0.605. The fourth-order valence-corrected chi connectivity index (χ4v) is 1.59. The zero-order valence-corrected chi connectivity index (χ0v) is 8.33. The van der Waals surface area contributed by atoms with Crippen LogP contribution in [-0.2, 0) is 0 Å². The van der Waals surface area contributed by atoms with E-state index in [0.29, 0.717) is 11.1 Å². The van der Waals surface area contributed by atoms with E-state index < -0.39 is 0 Å². The second-order valence-electron chi connectivity index (χ2n) is 3.52. The van der Waals surface area contributed by atoms with E-state index in [4.69, 9.17) is 13.8 Å². The van der Waals surface area contributed by atoms with Gasteiger partial charge in [0.05, 0.1) is 5.52 Å². The predicted molar refractivity (Wildman–Crippen MR) is 58.0 cm³/mol. The molecule has 0 amide bonds. The monoisotopic (exact) mass is 181 g/mol. The van der Waals surface area contributed by atoms with Crippen LogP contribution in [0, 0.1) is 27.7 Å². The first-order valence-electron chi connectivity index (χ1n) is 4.51. The van der Waals surface area contributed by atoms with Crippen molar-refractivity contribution in [3.63, 3.8) is 0 Å². The van der Waals surface area contributed by atoms with Gasteiger partial charge in [0, 0.05) is 11.1 Å². The summed E-state index contributed by atoms with van der Waals surface area (Å²) >= 11 is 0. The maximum Gasteiger partial charge on any atom is 0.0710 e. The number of aryl methyl sites for hydroxylation is 2. The quantitative estimate of drug-likeness (QED) is 0.609. The average molecular weight is 181 g/mol. The Bertz CT molecular complexity index is 498. The van der Waals surface area contributed by atoms with Crippen molar-refractivity contribution in [1.29, 1.82) is 0 Å². The number of benzene rings is 1. The summed E-state index contributed by atoms with van der Waals surface area (Å²) < 4.78 is 0. The van der Waals surface area contributed by atoms with Crippen molar-refractivity contribution >= 4 is 10.9 Å². The summed E-state index contributed by atoms with van der Waals surface area (Å²) in [5, 5.41) is 1.07. The molecule has 0 unspecified atom stereocenters. The largest absolute Gasteiger partial charge is 0.253 e. The van der Waals surface area contributed by atoms with Gasteiger partial charge < -0.3 is 0 Å². The van der Waals surface area contributed by atoms with Crippen LogP contribution >= 0.6 is 0 Å². The van der Waals surface area contributed by atoms with Crippen LogP contribution in [-0.4, -0.2) is 4.98 Å². The Balaban J connectivity index is 2.91. The van der Waals surface area contributed by atoms with Gasteiger partial charge in [-0.2, -0.15) is 0 Å². The molecule has 1 heterocycles. The van der Waals surface area contributed by atoms with Gasteiger partial charge in [-0.05, 0) is 56.5 Å². The van der Waals surface area contributed by atoms with Crippen molar-refractivity contribution in [2.24, 2.45) is 0 Å². The Kier molecular flexibility index (Phi) is 2.03. The SMILES string of the molecule is [CH]c1cc2nc(C)ccc2c(C)c1[CH]. The van der Waals surface area contributed by atoms with Gasteiger partial charge in [-0.1, -0.05) is 6.07 Å². The van der Waals surface area contributed by atoms with Gasteiger partial charge >= 0.3 is 0 Å². The van der Waals surface area contributed by atoms with Crippen LogP contribution < -0.4 is 0 Å². The summed E-state index contributed by atoms with van der Waals surface area (Å²) in [6, 6.07) is 5.83. The third-order valence-electron chi connectivity index (χ3n) is 2.48. The smallest absolute Gasteiger partial charge is 0.0710 e. The molecule has 2 aromatic rings. The van der Waals surface area contributed by atoms with Crippen LogP contribution in [0.4, 0.5) is 0 Å². The molecule has 1 aromatic carbocycles. The predicted octanol–water partition coefficient (Wildman–Crippen LogP) is 2.97. The highest BCUT2D eigenvalue weighted by Gasteiger charge is 2.04. The molecule has 0 spiro atoms. The fourth-order valence-electron chi connectivity index (χ4n) is 1.59. The molecule has 0 aliphatic rings. The molecule has 2 rings (SSSR count). The molecular weight excluding hydrogens is 170 g/mol. The topological polar surface area (TPSA) is 12.9 Å². The molecule has 68 valence electrons. The first-order chi connectivity index (χ1) is 6.59.